The molecule has 0 saturated heterocycles. The summed E-state index contributed by atoms with van der Waals surface area (Å²) in [5.41, 5.74) is 2.17. The van der Waals surface area contributed by atoms with Crippen LogP contribution in [0.5, 0.6) is 5.75 Å². The van der Waals surface area contributed by atoms with E-state index in [4.69, 9.17) is 4.42 Å². The minimum absolute atomic E-state index is 0.00282. The number of carboxylic acids is 1. The Labute approximate surface area is 132 Å². The van der Waals surface area contributed by atoms with E-state index < -0.39 is 12.0 Å². The number of fused-ring (bicyclic) bond motifs is 3. The zero-order valence-corrected chi connectivity index (χ0v) is 12.9. The van der Waals surface area contributed by atoms with E-state index in [1.165, 1.54) is 0 Å². The third-order valence-electron chi connectivity index (χ3n) is 4.57. The van der Waals surface area contributed by atoms with Gasteiger partial charge in [0, 0.05) is 17.4 Å². The third kappa shape index (κ3) is 2.70. The second kappa shape index (κ2) is 6.04. The number of phenolic OH excluding ortho intramolecular Hbond substituents is 1. The number of aliphatic carboxylic acids is 1. The third-order valence-corrected chi connectivity index (χ3v) is 4.57. The summed E-state index contributed by atoms with van der Waals surface area (Å²) in [5.74, 6) is -1.14. The van der Waals surface area contributed by atoms with Crippen molar-refractivity contribution in [3.05, 3.63) is 39.2 Å². The Kier molecular flexibility index (Phi) is 4.09. The normalized spacial score (nSPS) is 14.8. The van der Waals surface area contributed by atoms with Crippen molar-refractivity contribution in [3.63, 3.8) is 0 Å². The molecular formula is C17H19NO5. The molecule has 0 unspecified atom stereocenters. The fraction of sp³-hybridized carbons (Fsp3) is 0.412. The maximum absolute atomic E-state index is 12.1. The fourth-order valence-electron chi connectivity index (χ4n) is 3.28. The first-order chi connectivity index (χ1) is 11.0. The number of carbonyl (C=O) groups is 1. The summed E-state index contributed by atoms with van der Waals surface area (Å²) >= 11 is 0. The highest BCUT2D eigenvalue weighted by molar-refractivity contribution is 5.86. The Balaban J connectivity index is 2.06. The van der Waals surface area contributed by atoms with Gasteiger partial charge < -0.3 is 24.7 Å². The predicted molar refractivity (Wildman–Crippen MR) is 80.9 cm³/mol. The zero-order valence-electron chi connectivity index (χ0n) is 12.9. The van der Waals surface area contributed by atoms with Crippen molar-refractivity contribution in [2.45, 2.75) is 45.2 Å². The summed E-state index contributed by atoms with van der Waals surface area (Å²) in [5, 5.41) is 23.6. The lowest BCUT2D eigenvalue weighted by Gasteiger charge is -2.16. The quantitative estimate of drug-likeness (QED) is 0.728. The van der Waals surface area contributed by atoms with Gasteiger partial charge in [0.25, 0.3) is 0 Å². The maximum Gasteiger partial charge on any atom is 0.339 e. The molecule has 1 aromatic heterocycles. The van der Waals surface area contributed by atoms with Gasteiger partial charge in [-0.05, 0) is 37.0 Å². The van der Waals surface area contributed by atoms with Crippen molar-refractivity contribution < 1.29 is 24.7 Å². The molecule has 0 radical (unpaired) electrons. The maximum atomic E-state index is 12.1. The Hall–Kier alpha value is -2.34. The molecular weight excluding hydrogens is 298 g/mol. The molecule has 3 rings (SSSR count). The molecule has 1 aliphatic carbocycles. The second-order valence-corrected chi connectivity index (χ2v) is 5.91. The van der Waals surface area contributed by atoms with E-state index in [1.54, 1.807) is 24.4 Å². The molecule has 1 aromatic carbocycles. The molecule has 122 valence electrons. The van der Waals surface area contributed by atoms with Crippen LogP contribution in [0.1, 0.15) is 36.5 Å². The number of aromatic hydroxyl groups is 1. The largest absolute Gasteiger partial charge is 0.544 e. The number of hydrogen-bond donors (Lipinski definition) is 2. The lowest BCUT2D eigenvalue weighted by atomic mass is 10.0. The van der Waals surface area contributed by atoms with E-state index >= 15 is 0 Å². The molecule has 2 aromatic rings. The molecule has 0 amide bonds. The molecule has 23 heavy (non-hydrogen) atoms. The van der Waals surface area contributed by atoms with Crippen molar-refractivity contribution in [3.8, 4) is 5.75 Å². The van der Waals surface area contributed by atoms with Gasteiger partial charge in [-0.2, -0.15) is 0 Å². The summed E-state index contributed by atoms with van der Waals surface area (Å²) in [6, 6.07) is 2.63. The topological polar surface area (TPSA) is 107 Å². The van der Waals surface area contributed by atoms with Crippen molar-refractivity contribution in [2.75, 3.05) is 0 Å². The van der Waals surface area contributed by atoms with Crippen molar-refractivity contribution in [2.24, 2.45) is 0 Å². The first-order valence-corrected chi connectivity index (χ1v) is 7.86. The first-order valence-electron chi connectivity index (χ1n) is 7.86. The number of phenols is 1. The molecule has 1 atom stereocenters. The number of carbonyl (C=O) groups excluding carboxylic acids is 1. The molecule has 1 aliphatic rings. The molecule has 0 fully saturated rings. The van der Waals surface area contributed by atoms with Gasteiger partial charge in [-0.3, -0.25) is 0 Å². The first kappa shape index (κ1) is 15.6. The van der Waals surface area contributed by atoms with E-state index in [0.717, 1.165) is 35.8 Å². The number of nitrogens with two attached hydrogens (primary N) is 1. The highest BCUT2D eigenvalue weighted by Crippen LogP contribution is 2.32. The molecule has 0 aliphatic heterocycles. The highest BCUT2D eigenvalue weighted by atomic mass is 16.4. The van der Waals surface area contributed by atoms with Crippen LogP contribution < -0.4 is 16.0 Å². The van der Waals surface area contributed by atoms with Crippen LogP contribution in [-0.4, -0.2) is 17.1 Å². The summed E-state index contributed by atoms with van der Waals surface area (Å²) in [6.45, 7) is 1.96. The Morgan fingerprint density at radius 1 is 1.39 bits per heavy atom. The van der Waals surface area contributed by atoms with Gasteiger partial charge in [0.2, 0.25) is 0 Å². The van der Waals surface area contributed by atoms with E-state index in [2.05, 4.69) is 0 Å². The number of rotatable bonds is 5. The Morgan fingerprint density at radius 2 is 2.13 bits per heavy atom. The minimum Gasteiger partial charge on any atom is -0.544 e. The summed E-state index contributed by atoms with van der Waals surface area (Å²) in [7, 11) is 0. The van der Waals surface area contributed by atoms with Gasteiger partial charge in [-0.25, -0.2) is 4.79 Å². The van der Waals surface area contributed by atoms with Gasteiger partial charge in [0.05, 0.1) is 11.5 Å². The minimum atomic E-state index is -1.14. The summed E-state index contributed by atoms with van der Waals surface area (Å²) < 4.78 is 5.44. The molecule has 0 bridgehead atoms. The Morgan fingerprint density at radius 3 is 2.83 bits per heavy atom. The van der Waals surface area contributed by atoms with Crippen LogP contribution in [0.4, 0.5) is 0 Å². The molecule has 0 saturated carbocycles. The number of quaternary nitrogens is 1. The van der Waals surface area contributed by atoms with Crippen LogP contribution >= 0.6 is 0 Å². The smallest absolute Gasteiger partial charge is 0.339 e. The molecule has 6 nitrogen and oxygen atoms in total. The lowest BCUT2D eigenvalue weighted by Crippen LogP contribution is -2.91. The van der Waals surface area contributed by atoms with Crippen molar-refractivity contribution in [1.29, 1.82) is 0 Å². The van der Waals surface area contributed by atoms with Crippen LogP contribution in [0.2, 0.25) is 0 Å². The van der Waals surface area contributed by atoms with Crippen LogP contribution in [-0.2, 0) is 24.2 Å². The average molecular weight is 317 g/mol. The summed E-state index contributed by atoms with van der Waals surface area (Å²) in [4.78, 5) is 23.2. The van der Waals surface area contributed by atoms with Gasteiger partial charge in [0.15, 0.2) is 5.58 Å². The van der Waals surface area contributed by atoms with Gasteiger partial charge in [-0.15, -0.1) is 0 Å². The highest BCUT2D eigenvalue weighted by Gasteiger charge is 2.23. The summed E-state index contributed by atoms with van der Waals surface area (Å²) in [6.07, 6.45) is 2.87. The van der Waals surface area contributed by atoms with Gasteiger partial charge >= 0.3 is 5.63 Å². The number of aryl methyl sites for hydroxylation is 1. The predicted octanol–water partition coefficient (Wildman–Crippen LogP) is -0.421. The van der Waals surface area contributed by atoms with E-state index in [9.17, 15) is 19.8 Å². The van der Waals surface area contributed by atoms with Crippen molar-refractivity contribution in [1.82, 2.24) is 0 Å². The van der Waals surface area contributed by atoms with E-state index in [0.29, 0.717) is 17.6 Å². The molecule has 0 spiro atoms. The molecule has 6 heteroatoms. The van der Waals surface area contributed by atoms with Gasteiger partial charge in [-0.1, -0.05) is 6.92 Å². The van der Waals surface area contributed by atoms with E-state index in [-0.39, 0.29) is 17.9 Å². The molecule has 3 N–H and O–H groups in total. The monoisotopic (exact) mass is 317 g/mol. The lowest BCUT2D eigenvalue weighted by molar-refractivity contribution is -0.698. The number of carboxylic acid groups (broad SMARTS) is 1. The van der Waals surface area contributed by atoms with Crippen LogP contribution in [0.15, 0.2) is 21.3 Å². The van der Waals surface area contributed by atoms with Crippen LogP contribution in [0.3, 0.4) is 0 Å². The fourth-order valence-corrected chi connectivity index (χ4v) is 3.28. The SMILES string of the molecule is CC[C@@H]([NH2+]Cc1c(O)ccc2c3c(c(=O)oc12)CCC3)C(=O)[O-]. The Bertz CT molecular complexity index is 824. The standard InChI is InChI=1S/C17H19NO5/c1-2-13(16(20)21)18-8-12-14(19)7-6-10-9-4-3-5-11(9)17(22)23-15(10)12/h6-7,13,18-19H,2-5,8H2,1H3,(H,20,21)/t13-/m1/s1. The average Bonchev–Trinajstić information content (AvgIpc) is 3.00. The molecule has 1 heterocycles. The second-order valence-electron chi connectivity index (χ2n) is 5.91. The number of hydrogen-bond acceptors (Lipinski definition) is 5. The van der Waals surface area contributed by atoms with Crippen LogP contribution in [0, 0.1) is 0 Å². The van der Waals surface area contributed by atoms with Crippen LogP contribution in [0.25, 0.3) is 11.0 Å². The van der Waals surface area contributed by atoms with Gasteiger partial charge in [0.1, 0.15) is 18.3 Å². The zero-order chi connectivity index (χ0) is 16.6. The van der Waals surface area contributed by atoms with E-state index in [1.807, 2.05) is 0 Å². The number of benzene rings is 1. The van der Waals surface area contributed by atoms with Crippen molar-refractivity contribution >= 4 is 16.9 Å².